The molecule has 2 atom stereocenters. The van der Waals surface area contributed by atoms with Gasteiger partial charge in [0.15, 0.2) is 5.82 Å². The van der Waals surface area contributed by atoms with Crippen molar-refractivity contribution in [1.29, 1.82) is 0 Å². The highest BCUT2D eigenvalue weighted by Gasteiger charge is 2.29. The van der Waals surface area contributed by atoms with Gasteiger partial charge in [-0.05, 0) is 26.0 Å². The summed E-state index contributed by atoms with van der Waals surface area (Å²) in [6.07, 6.45) is 0. The minimum Gasteiger partial charge on any atom is -0.368 e. The maximum Gasteiger partial charge on any atom is 0.244 e. The van der Waals surface area contributed by atoms with E-state index >= 15 is 0 Å². The topological polar surface area (TPSA) is 122 Å². The van der Waals surface area contributed by atoms with Crippen molar-refractivity contribution >= 4 is 17.6 Å². The van der Waals surface area contributed by atoms with Crippen molar-refractivity contribution in [3.63, 3.8) is 0 Å². The van der Waals surface area contributed by atoms with Crippen molar-refractivity contribution < 1.29 is 4.52 Å². The Hall–Kier alpha value is -3.89. The van der Waals surface area contributed by atoms with Crippen LogP contribution in [0.1, 0.15) is 37.6 Å². The number of para-hydroxylation sites is 1. The van der Waals surface area contributed by atoms with Crippen molar-refractivity contribution in [1.82, 2.24) is 34.9 Å². The number of hydrogen-bond donors (Lipinski definition) is 2. The third-order valence-electron chi connectivity index (χ3n) is 6.35. The van der Waals surface area contributed by atoms with Crippen LogP contribution in [0.4, 0.5) is 17.6 Å². The van der Waals surface area contributed by atoms with Gasteiger partial charge >= 0.3 is 0 Å². The molecular formula is C25H29N9O. The molecule has 10 nitrogen and oxygen atoms in total. The number of hydrogen-bond acceptors (Lipinski definition) is 10. The first-order valence-electron chi connectivity index (χ1n) is 11.8. The third kappa shape index (κ3) is 5.28. The first kappa shape index (κ1) is 22.9. The maximum absolute atomic E-state index is 6.00. The second kappa shape index (κ2) is 10.2. The zero-order chi connectivity index (χ0) is 24.2. The normalized spacial score (nSPS) is 16.6. The van der Waals surface area contributed by atoms with Crippen molar-refractivity contribution in [2.75, 3.05) is 37.2 Å². The van der Waals surface area contributed by atoms with E-state index in [2.05, 4.69) is 54.1 Å². The molecule has 10 heteroatoms. The lowest BCUT2D eigenvalue weighted by Gasteiger charge is -2.39. The predicted octanol–water partition coefficient (Wildman–Crippen LogP) is 3.69. The maximum atomic E-state index is 6.00. The van der Waals surface area contributed by atoms with Crippen LogP contribution in [0.15, 0.2) is 65.2 Å². The lowest BCUT2D eigenvalue weighted by atomic mass is 10.1. The molecule has 0 spiro atoms. The van der Waals surface area contributed by atoms with Crippen LogP contribution >= 0.6 is 0 Å². The molecule has 0 bridgehead atoms. The Labute approximate surface area is 204 Å². The molecule has 1 aliphatic rings. The molecule has 4 aromatic rings. The van der Waals surface area contributed by atoms with Crippen molar-refractivity contribution in [2.24, 2.45) is 0 Å². The summed E-state index contributed by atoms with van der Waals surface area (Å²) in [5.74, 6) is 2.56. The molecule has 3 heterocycles. The van der Waals surface area contributed by atoms with Crippen LogP contribution in [0.3, 0.4) is 0 Å². The van der Waals surface area contributed by atoms with Crippen molar-refractivity contribution in [3.05, 3.63) is 72.4 Å². The quantitative estimate of drug-likeness (QED) is 0.412. The highest BCUT2D eigenvalue weighted by molar-refractivity contribution is 5.54. The fraction of sp³-hybridized carbons (Fsp3) is 0.320. The smallest absolute Gasteiger partial charge is 0.244 e. The van der Waals surface area contributed by atoms with E-state index in [1.54, 1.807) is 0 Å². The van der Waals surface area contributed by atoms with Gasteiger partial charge in [-0.1, -0.05) is 53.7 Å². The molecule has 0 radical (unpaired) electrons. The molecule has 0 aliphatic carbocycles. The fourth-order valence-corrected chi connectivity index (χ4v) is 4.24. The van der Waals surface area contributed by atoms with Gasteiger partial charge in [-0.2, -0.15) is 19.9 Å². The Morgan fingerprint density at radius 3 is 2.11 bits per heavy atom. The van der Waals surface area contributed by atoms with Gasteiger partial charge in [0.1, 0.15) is 0 Å². The van der Waals surface area contributed by atoms with Crippen LogP contribution in [0.25, 0.3) is 11.4 Å². The molecule has 2 aromatic carbocycles. The van der Waals surface area contributed by atoms with E-state index in [0.29, 0.717) is 23.5 Å². The average molecular weight is 472 g/mol. The van der Waals surface area contributed by atoms with Crippen LogP contribution in [0.5, 0.6) is 0 Å². The van der Waals surface area contributed by atoms with Gasteiger partial charge in [-0.15, -0.1) is 0 Å². The van der Waals surface area contributed by atoms with Gasteiger partial charge in [0.2, 0.25) is 23.6 Å². The van der Waals surface area contributed by atoms with E-state index < -0.39 is 0 Å². The van der Waals surface area contributed by atoms with Crippen LogP contribution in [0, 0.1) is 0 Å². The van der Waals surface area contributed by atoms with Crippen LogP contribution in [-0.4, -0.2) is 61.1 Å². The first-order chi connectivity index (χ1) is 17.1. The SMILES string of the molecule is CC(c1nc(N)nc(Nc2ccccc2)n1)N1CCN(C(C)c2nc(-c3ccccc3)no2)CC1. The number of rotatable bonds is 7. The molecule has 2 aromatic heterocycles. The number of nitrogens with one attached hydrogen (secondary N) is 1. The van der Waals surface area contributed by atoms with Crippen molar-refractivity contribution in [2.45, 2.75) is 25.9 Å². The van der Waals surface area contributed by atoms with Gasteiger partial charge < -0.3 is 15.6 Å². The fourth-order valence-electron chi connectivity index (χ4n) is 4.24. The third-order valence-corrected chi connectivity index (χ3v) is 6.35. The summed E-state index contributed by atoms with van der Waals surface area (Å²) in [6, 6.07) is 19.7. The van der Waals surface area contributed by atoms with Gasteiger partial charge in [-0.25, -0.2) is 0 Å². The number of nitrogens with two attached hydrogens (primary N) is 1. The monoisotopic (exact) mass is 471 g/mol. The lowest BCUT2D eigenvalue weighted by molar-refractivity contribution is 0.0656. The summed E-state index contributed by atoms with van der Waals surface area (Å²) >= 11 is 0. The highest BCUT2D eigenvalue weighted by Crippen LogP contribution is 2.26. The van der Waals surface area contributed by atoms with E-state index in [-0.39, 0.29) is 18.0 Å². The number of anilines is 3. The zero-order valence-electron chi connectivity index (χ0n) is 19.9. The number of piperazine rings is 1. The molecule has 2 unspecified atom stereocenters. The molecule has 0 amide bonds. The average Bonchev–Trinajstić information content (AvgIpc) is 3.39. The minimum atomic E-state index is 0.00201. The molecule has 3 N–H and O–H groups in total. The standard InChI is InChI=1S/C25H29N9O/c1-17(21-29-24(26)31-25(30-21)27-20-11-7-4-8-12-20)33-13-15-34(16-14-33)18(2)23-28-22(32-35-23)19-9-5-3-6-10-19/h3-12,17-18H,13-16H2,1-2H3,(H3,26,27,29,30,31). The summed E-state index contributed by atoms with van der Waals surface area (Å²) in [5, 5.41) is 7.37. The number of benzene rings is 2. The molecule has 5 rings (SSSR count). The summed E-state index contributed by atoms with van der Waals surface area (Å²) in [4.78, 5) is 22.6. The van der Waals surface area contributed by atoms with Crippen molar-refractivity contribution in [3.8, 4) is 11.4 Å². The molecule has 1 aliphatic heterocycles. The molecule has 0 saturated carbocycles. The Morgan fingerprint density at radius 1 is 0.800 bits per heavy atom. The lowest BCUT2D eigenvalue weighted by Crippen LogP contribution is -2.48. The molecule has 35 heavy (non-hydrogen) atoms. The summed E-state index contributed by atoms with van der Waals surface area (Å²) in [5.41, 5.74) is 7.85. The van der Waals surface area contributed by atoms with E-state index in [9.17, 15) is 0 Å². The minimum absolute atomic E-state index is 0.00201. The second-order valence-electron chi connectivity index (χ2n) is 8.61. The van der Waals surface area contributed by atoms with Crippen LogP contribution < -0.4 is 11.1 Å². The number of nitrogen functional groups attached to an aromatic ring is 1. The number of aromatic nitrogens is 5. The van der Waals surface area contributed by atoms with Gasteiger partial charge in [0.05, 0.1) is 12.1 Å². The van der Waals surface area contributed by atoms with Gasteiger partial charge in [0.25, 0.3) is 0 Å². The second-order valence-corrected chi connectivity index (χ2v) is 8.61. The molecule has 1 fully saturated rings. The zero-order valence-corrected chi connectivity index (χ0v) is 19.9. The largest absolute Gasteiger partial charge is 0.368 e. The van der Waals surface area contributed by atoms with E-state index in [4.69, 9.17) is 10.3 Å². The summed E-state index contributed by atoms with van der Waals surface area (Å²) < 4.78 is 5.59. The van der Waals surface area contributed by atoms with E-state index in [0.717, 1.165) is 37.4 Å². The predicted molar refractivity (Wildman–Crippen MR) is 134 cm³/mol. The van der Waals surface area contributed by atoms with Gasteiger partial charge in [0, 0.05) is 37.4 Å². The highest BCUT2D eigenvalue weighted by atomic mass is 16.5. The Bertz CT molecular complexity index is 1240. The summed E-state index contributed by atoms with van der Waals surface area (Å²) in [6.45, 7) is 7.66. The van der Waals surface area contributed by atoms with E-state index in [1.807, 2.05) is 60.7 Å². The molecular weight excluding hydrogens is 442 g/mol. The molecule has 180 valence electrons. The van der Waals surface area contributed by atoms with Gasteiger partial charge in [-0.3, -0.25) is 9.80 Å². The first-order valence-corrected chi connectivity index (χ1v) is 11.8. The van der Waals surface area contributed by atoms with Crippen LogP contribution in [0.2, 0.25) is 0 Å². The Balaban J connectivity index is 1.21. The summed E-state index contributed by atoms with van der Waals surface area (Å²) in [7, 11) is 0. The van der Waals surface area contributed by atoms with E-state index in [1.165, 1.54) is 0 Å². The number of nitrogens with zero attached hydrogens (tertiary/aromatic N) is 7. The Morgan fingerprint density at radius 2 is 1.43 bits per heavy atom. The Kier molecular flexibility index (Phi) is 6.64. The molecule has 1 saturated heterocycles. The van der Waals surface area contributed by atoms with Crippen LogP contribution in [-0.2, 0) is 0 Å².